The lowest BCUT2D eigenvalue weighted by Gasteiger charge is -2.31. The number of aryl methyl sites for hydroxylation is 2. The summed E-state index contributed by atoms with van der Waals surface area (Å²) >= 11 is 0. The van der Waals surface area contributed by atoms with Gasteiger partial charge in [-0.05, 0) is 26.7 Å². The predicted octanol–water partition coefficient (Wildman–Crippen LogP) is 0.599. The van der Waals surface area contributed by atoms with Gasteiger partial charge in [-0.1, -0.05) is 5.16 Å². The van der Waals surface area contributed by atoms with Crippen molar-refractivity contribution in [1.29, 1.82) is 0 Å². The van der Waals surface area contributed by atoms with Gasteiger partial charge in [0, 0.05) is 18.6 Å². The summed E-state index contributed by atoms with van der Waals surface area (Å²) in [6.45, 7) is 4.06. The van der Waals surface area contributed by atoms with Crippen LogP contribution in [0.15, 0.2) is 4.52 Å². The van der Waals surface area contributed by atoms with E-state index in [9.17, 15) is 9.59 Å². The van der Waals surface area contributed by atoms with Crippen LogP contribution in [-0.2, 0) is 25.5 Å². The minimum Gasteiger partial charge on any atom is -0.480 e. The highest BCUT2D eigenvalue weighted by Gasteiger charge is 2.28. The standard InChI is InChI=1S/C15H22N2O6/c1-9-11(10(2)23-17-9)3-4-14(18)16-12-5-6-21-7-13(12)22-8-15(19)20/h12-13H,3-8H2,1-2H3,(H,16,18)(H,19,20)/t12-,13-/m1/s1. The number of carbonyl (C=O) groups excluding carboxylic acids is 1. The lowest BCUT2D eigenvalue weighted by Crippen LogP contribution is -2.50. The molecule has 2 rings (SSSR count). The maximum atomic E-state index is 12.1. The number of amides is 1. The molecule has 128 valence electrons. The molecule has 1 saturated heterocycles. The Hall–Kier alpha value is -1.93. The fourth-order valence-corrected chi connectivity index (χ4v) is 2.60. The second-order valence-electron chi connectivity index (χ2n) is 5.58. The maximum Gasteiger partial charge on any atom is 0.329 e. The third-order valence-corrected chi connectivity index (χ3v) is 3.85. The number of hydrogen-bond donors (Lipinski definition) is 2. The van der Waals surface area contributed by atoms with E-state index in [1.165, 1.54) is 0 Å². The van der Waals surface area contributed by atoms with Crippen LogP contribution in [0.25, 0.3) is 0 Å². The molecule has 0 saturated carbocycles. The zero-order valence-corrected chi connectivity index (χ0v) is 13.3. The smallest absolute Gasteiger partial charge is 0.329 e. The van der Waals surface area contributed by atoms with Crippen LogP contribution in [0.5, 0.6) is 0 Å². The van der Waals surface area contributed by atoms with Gasteiger partial charge in [0.2, 0.25) is 5.91 Å². The summed E-state index contributed by atoms with van der Waals surface area (Å²) in [6.07, 6.45) is 1.02. The molecule has 1 aliphatic heterocycles. The average molecular weight is 326 g/mol. The molecule has 23 heavy (non-hydrogen) atoms. The van der Waals surface area contributed by atoms with Gasteiger partial charge in [-0.15, -0.1) is 0 Å². The van der Waals surface area contributed by atoms with Gasteiger partial charge in [-0.3, -0.25) is 4.79 Å². The van der Waals surface area contributed by atoms with Crippen molar-refractivity contribution in [2.45, 2.75) is 45.3 Å². The molecule has 0 radical (unpaired) electrons. The molecule has 0 bridgehead atoms. The zero-order chi connectivity index (χ0) is 16.8. The SMILES string of the molecule is Cc1noc(C)c1CCC(=O)N[C@@H]1CCOC[C@H]1OCC(=O)O. The number of nitrogens with one attached hydrogen (secondary N) is 1. The van der Waals surface area contributed by atoms with Gasteiger partial charge in [0.15, 0.2) is 0 Å². The van der Waals surface area contributed by atoms with Crippen molar-refractivity contribution in [1.82, 2.24) is 10.5 Å². The summed E-state index contributed by atoms with van der Waals surface area (Å²) in [7, 11) is 0. The summed E-state index contributed by atoms with van der Waals surface area (Å²) in [5, 5.41) is 15.5. The summed E-state index contributed by atoms with van der Waals surface area (Å²) in [6, 6.07) is -0.236. The number of ether oxygens (including phenoxy) is 2. The summed E-state index contributed by atoms with van der Waals surface area (Å²) < 4.78 is 15.6. The highest BCUT2D eigenvalue weighted by Crippen LogP contribution is 2.15. The minimum absolute atomic E-state index is 0.110. The molecule has 0 aromatic carbocycles. The fourth-order valence-electron chi connectivity index (χ4n) is 2.60. The average Bonchev–Trinajstić information content (AvgIpc) is 2.83. The number of nitrogens with zero attached hydrogens (tertiary/aromatic N) is 1. The predicted molar refractivity (Wildman–Crippen MR) is 79.0 cm³/mol. The number of carboxylic acid groups (broad SMARTS) is 1. The molecule has 1 aromatic rings. The van der Waals surface area contributed by atoms with Gasteiger partial charge >= 0.3 is 5.97 Å². The molecule has 1 aromatic heterocycles. The van der Waals surface area contributed by atoms with Crippen molar-refractivity contribution in [3.8, 4) is 0 Å². The van der Waals surface area contributed by atoms with Crippen molar-refractivity contribution in [3.05, 3.63) is 17.0 Å². The highest BCUT2D eigenvalue weighted by atomic mass is 16.5. The van der Waals surface area contributed by atoms with Crippen LogP contribution in [0.4, 0.5) is 0 Å². The van der Waals surface area contributed by atoms with Crippen LogP contribution >= 0.6 is 0 Å². The normalized spacial score (nSPS) is 21.1. The van der Waals surface area contributed by atoms with E-state index in [4.69, 9.17) is 19.1 Å². The first-order chi connectivity index (χ1) is 11.0. The molecule has 0 aliphatic carbocycles. The van der Waals surface area contributed by atoms with Gasteiger partial charge in [0.05, 0.1) is 18.3 Å². The lowest BCUT2D eigenvalue weighted by atomic mass is 10.0. The summed E-state index contributed by atoms with van der Waals surface area (Å²) in [5.74, 6) is -0.427. The Morgan fingerprint density at radius 2 is 2.22 bits per heavy atom. The lowest BCUT2D eigenvalue weighted by molar-refractivity contribution is -0.149. The first-order valence-electron chi connectivity index (χ1n) is 7.59. The Kier molecular flexibility index (Phi) is 6.12. The first-order valence-corrected chi connectivity index (χ1v) is 7.59. The van der Waals surface area contributed by atoms with E-state index in [2.05, 4.69) is 10.5 Å². The highest BCUT2D eigenvalue weighted by molar-refractivity contribution is 5.76. The molecule has 2 atom stereocenters. The van der Waals surface area contributed by atoms with Crippen LogP contribution < -0.4 is 5.32 Å². The van der Waals surface area contributed by atoms with E-state index in [0.717, 1.165) is 17.0 Å². The number of rotatable bonds is 7. The number of carboxylic acids is 1. The molecule has 0 unspecified atom stereocenters. The van der Waals surface area contributed by atoms with Gasteiger partial charge in [-0.25, -0.2) is 4.79 Å². The molecular weight excluding hydrogens is 304 g/mol. The topological polar surface area (TPSA) is 111 Å². The van der Waals surface area contributed by atoms with Crippen LogP contribution in [-0.4, -0.2) is 54.1 Å². The molecule has 8 heteroatoms. The Morgan fingerprint density at radius 3 is 2.87 bits per heavy atom. The second-order valence-corrected chi connectivity index (χ2v) is 5.58. The van der Waals surface area contributed by atoms with Crippen molar-refractivity contribution in [2.75, 3.05) is 19.8 Å². The largest absolute Gasteiger partial charge is 0.480 e. The molecule has 2 N–H and O–H groups in total. The van der Waals surface area contributed by atoms with E-state index in [0.29, 0.717) is 25.9 Å². The Balaban J connectivity index is 1.83. The maximum absolute atomic E-state index is 12.1. The molecule has 1 amide bonds. The molecule has 1 aliphatic rings. The summed E-state index contributed by atoms with van der Waals surface area (Å²) in [4.78, 5) is 22.7. The third-order valence-electron chi connectivity index (χ3n) is 3.85. The van der Waals surface area contributed by atoms with Crippen molar-refractivity contribution in [3.63, 3.8) is 0 Å². The van der Waals surface area contributed by atoms with E-state index in [-0.39, 0.29) is 18.6 Å². The Bertz CT molecular complexity index is 537. The van der Waals surface area contributed by atoms with Crippen molar-refractivity contribution in [2.24, 2.45) is 0 Å². The van der Waals surface area contributed by atoms with Gasteiger partial charge in [-0.2, -0.15) is 0 Å². The van der Waals surface area contributed by atoms with Crippen LogP contribution in [0.1, 0.15) is 29.9 Å². The van der Waals surface area contributed by atoms with Crippen LogP contribution in [0.3, 0.4) is 0 Å². The van der Waals surface area contributed by atoms with E-state index < -0.39 is 18.7 Å². The van der Waals surface area contributed by atoms with Gasteiger partial charge in [0.25, 0.3) is 0 Å². The minimum atomic E-state index is -1.04. The molecule has 1 fully saturated rings. The van der Waals surface area contributed by atoms with Gasteiger partial charge in [0.1, 0.15) is 18.5 Å². The first kappa shape index (κ1) is 17.4. The Labute approximate surface area is 134 Å². The molecule has 2 heterocycles. The van der Waals surface area contributed by atoms with Crippen molar-refractivity contribution < 1.29 is 28.7 Å². The molecule has 8 nitrogen and oxygen atoms in total. The number of aromatic nitrogens is 1. The van der Waals surface area contributed by atoms with Crippen LogP contribution in [0, 0.1) is 13.8 Å². The monoisotopic (exact) mass is 326 g/mol. The number of aliphatic carboxylic acids is 1. The molecule has 0 spiro atoms. The number of carbonyl (C=O) groups is 2. The van der Waals surface area contributed by atoms with E-state index in [1.807, 2.05) is 13.8 Å². The zero-order valence-electron chi connectivity index (χ0n) is 13.3. The van der Waals surface area contributed by atoms with E-state index >= 15 is 0 Å². The Morgan fingerprint density at radius 1 is 1.43 bits per heavy atom. The second kappa shape index (κ2) is 8.07. The summed E-state index contributed by atoms with van der Waals surface area (Å²) in [5.41, 5.74) is 1.75. The van der Waals surface area contributed by atoms with Crippen LogP contribution in [0.2, 0.25) is 0 Å². The molecular formula is C15H22N2O6. The fraction of sp³-hybridized carbons (Fsp3) is 0.667. The van der Waals surface area contributed by atoms with Gasteiger partial charge < -0.3 is 24.4 Å². The number of hydrogen-bond acceptors (Lipinski definition) is 6. The van der Waals surface area contributed by atoms with Crippen molar-refractivity contribution >= 4 is 11.9 Å². The third kappa shape index (κ3) is 5.04. The van der Waals surface area contributed by atoms with E-state index in [1.54, 1.807) is 0 Å². The quantitative estimate of drug-likeness (QED) is 0.754.